The highest BCUT2D eigenvalue weighted by Crippen LogP contribution is 2.25. The summed E-state index contributed by atoms with van der Waals surface area (Å²) in [5.41, 5.74) is 0. The predicted octanol–water partition coefficient (Wildman–Crippen LogP) is -0.0190. The molecule has 102 valence electrons. The highest BCUT2D eigenvalue weighted by Gasteiger charge is 2.37. The van der Waals surface area contributed by atoms with E-state index in [0.717, 1.165) is 17.8 Å². The summed E-state index contributed by atoms with van der Waals surface area (Å²) in [4.78, 5) is 24.8. The second-order valence-corrected chi connectivity index (χ2v) is 5.59. The average Bonchev–Trinajstić information content (AvgIpc) is 2.31. The van der Waals surface area contributed by atoms with Crippen LogP contribution in [0.25, 0.3) is 0 Å². The first-order chi connectivity index (χ1) is 8.42. The number of carbonyl (C=O) groups excluding carboxylic acids is 2. The normalized spacial score (nSPS) is 25.0. The standard InChI is InChI=1S/C9H15N3O5S/c1-7-4-3-5-12(8(7)10-6-13)18(15,16)11-9(14)17-2/h7-8H,3-5H2,1-2H3,(H,11,14). The van der Waals surface area contributed by atoms with Crippen LogP contribution in [0.2, 0.25) is 0 Å². The van der Waals surface area contributed by atoms with Gasteiger partial charge in [0.15, 0.2) is 0 Å². The van der Waals surface area contributed by atoms with Crippen molar-refractivity contribution in [1.29, 1.82) is 0 Å². The van der Waals surface area contributed by atoms with Crippen molar-refractivity contribution in [3.05, 3.63) is 0 Å². The van der Waals surface area contributed by atoms with Gasteiger partial charge in [-0.15, -0.1) is 0 Å². The Kier molecular flexibility index (Phi) is 4.83. The van der Waals surface area contributed by atoms with Gasteiger partial charge < -0.3 is 4.74 Å². The fourth-order valence-corrected chi connectivity index (χ4v) is 3.17. The van der Waals surface area contributed by atoms with Gasteiger partial charge in [-0.1, -0.05) is 6.92 Å². The minimum atomic E-state index is -4.06. The van der Waals surface area contributed by atoms with Gasteiger partial charge in [-0.3, -0.25) is 0 Å². The van der Waals surface area contributed by atoms with Crippen molar-refractivity contribution in [3.8, 4) is 0 Å². The van der Waals surface area contributed by atoms with Crippen LogP contribution in [0.5, 0.6) is 0 Å². The lowest BCUT2D eigenvalue weighted by Crippen LogP contribution is -2.52. The Morgan fingerprint density at radius 3 is 2.78 bits per heavy atom. The molecule has 2 atom stereocenters. The van der Waals surface area contributed by atoms with Gasteiger partial charge in [-0.05, 0) is 18.8 Å². The molecule has 1 amide bonds. The fraction of sp³-hybridized carbons (Fsp3) is 0.778. The number of hydrogen-bond donors (Lipinski definition) is 1. The predicted molar refractivity (Wildman–Crippen MR) is 61.5 cm³/mol. The van der Waals surface area contributed by atoms with E-state index in [1.165, 1.54) is 6.08 Å². The Balaban J connectivity index is 2.96. The lowest BCUT2D eigenvalue weighted by Gasteiger charge is -2.34. The highest BCUT2D eigenvalue weighted by molar-refractivity contribution is 7.87. The SMILES string of the molecule is COC(=O)NS(=O)(=O)N1CCCC(C)C1N=C=O. The summed E-state index contributed by atoms with van der Waals surface area (Å²) in [6, 6.07) is 0. The van der Waals surface area contributed by atoms with Gasteiger partial charge in [0.25, 0.3) is 0 Å². The third kappa shape index (κ3) is 3.28. The van der Waals surface area contributed by atoms with Gasteiger partial charge in [-0.2, -0.15) is 17.7 Å². The highest BCUT2D eigenvalue weighted by atomic mass is 32.2. The topological polar surface area (TPSA) is 105 Å². The van der Waals surface area contributed by atoms with Crippen LogP contribution in [0.15, 0.2) is 4.99 Å². The number of piperidine rings is 1. The van der Waals surface area contributed by atoms with E-state index in [1.54, 1.807) is 11.6 Å². The minimum absolute atomic E-state index is 0.116. The van der Waals surface area contributed by atoms with E-state index in [0.29, 0.717) is 6.42 Å². The van der Waals surface area contributed by atoms with Gasteiger partial charge in [0.1, 0.15) is 6.17 Å². The molecule has 18 heavy (non-hydrogen) atoms. The first-order valence-corrected chi connectivity index (χ1v) is 6.81. The van der Waals surface area contributed by atoms with Gasteiger partial charge in [0, 0.05) is 6.54 Å². The fourth-order valence-electron chi connectivity index (χ4n) is 1.85. The van der Waals surface area contributed by atoms with Crippen molar-refractivity contribution in [2.24, 2.45) is 10.9 Å². The molecule has 0 aliphatic carbocycles. The number of amides is 1. The molecule has 1 heterocycles. The summed E-state index contributed by atoms with van der Waals surface area (Å²) in [7, 11) is -3.00. The van der Waals surface area contributed by atoms with Gasteiger partial charge in [0.2, 0.25) is 6.08 Å². The molecule has 0 aromatic heterocycles. The molecule has 0 aromatic carbocycles. The van der Waals surface area contributed by atoms with E-state index in [1.807, 2.05) is 0 Å². The maximum atomic E-state index is 11.9. The smallest absolute Gasteiger partial charge is 0.421 e. The zero-order valence-electron chi connectivity index (χ0n) is 10.1. The Morgan fingerprint density at radius 2 is 2.22 bits per heavy atom. The molecule has 0 spiro atoms. The molecule has 0 saturated carbocycles. The molecular weight excluding hydrogens is 262 g/mol. The molecule has 1 rings (SSSR count). The van der Waals surface area contributed by atoms with Gasteiger partial charge in [0.05, 0.1) is 7.11 Å². The summed E-state index contributed by atoms with van der Waals surface area (Å²) in [6.45, 7) is 1.97. The number of methoxy groups -OCH3 is 1. The number of nitrogens with one attached hydrogen (secondary N) is 1. The first kappa shape index (κ1) is 14.6. The summed E-state index contributed by atoms with van der Waals surface area (Å²) in [6.07, 6.45) is 0.829. The van der Waals surface area contributed by atoms with Crippen LogP contribution in [0.4, 0.5) is 4.79 Å². The van der Waals surface area contributed by atoms with Crippen molar-refractivity contribution < 1.29 is 22.7 Å². The number of nitrogens with zero attached hydrogens (tertiary/aromatic N) is 2. The van der Waals surface area contributed by atoms with Crippen LogP contribution >= 0.6 is 0 Å². The molecule has 1 aliphatic heterocycles. The number of aliphatic imine (C=N–C) groups is 1. The number of isocyanates is 1. The molecular formula is C9H15N3O5S. The second kappa shape index (κ2) is 5.94. The quantitative estimate of drug-likeness (QED) is 0.576. The van der Waals surface area contributed by atoms with Crippen molar-refractivity contribution in [1.82, 2.24) is 9.03 Å². The molecule has 0 radical (unpaired) electrons. The number of carbonyl (C=O) groups is 1. The van der Waals surface area contributed by atoms with Crippen LogP contribution in [-0.2, 0) is 19.7 Å². The van der Waals surface area contributed by atoms with Gasteiger partial charge >= 0.3 is 16.3 Å². The van der Waals surface area contributed by atoms with E-state index in [9.17, 15) is 18.0 Å². The number of ether oxygens (including phenoxy) is 1. The zero-order valence-corrected chi connectivity index (χ0v) is 10.9. The lowest BCUT2D eigenvalue weighted by molar-refractivity contribution is 0.171. The molecule has 1 N–H and O–H groups in total. The van der Waals surface area contributed by atoms with Gasteiger partial charge in [-0.25, -0.2) is 14.3 Å². The summed E-state index contributed by atoms with van der Waals surface area (Å²) < 4.78 is 30.8. The number of rotatable bonds is 3. The monoisotopic (exact) mass is 277 g/mol. The third-order valence-corrected chi connectivity index (χ3v) is 4.17. The van der Waals surface area contributed by atoms with Crippen molar-refractivity contribution >= 4 is 22.4 Å². The second-order valence-electron chi connectivity index (χ2n) is 3.96. The zero-order chi connectivity index (χ0) is 13.8. The van der Waals surface area contributed by atoms with Crippen LogP contribution in [0.3, 0.4) is 0 Å². The van der Waals surface area contributed by atoms with Crippen molar-refractivity contribution in [3.63, 3.8) is 0 Å². The third-order valence-electron chi connectivity index (χ3n) is 2.73. The average molecular weight is 277 g/mol. The van der Waals surface area contributed by atoms with Crippen molar-refractivity contribution in [2.75, 3.05) is 13.7 Å². The minimum Gasteiger partial charge on any atom is -0.452 e. The molecule has 0 bridgehead atoms. The van der Waals surface area contributed by atoms with E-state index >= 15 is 0 Å². The molecule has 2 unspecified atom stereocenters. The van der Waals surface area contributed by atoms with Crippen LogP contribution in [0, 0.1) is 5.92 Å². The molecule has 9 heteroatoms. The molecule has 1 fully saturated rings. The molecule has 0 aromatic rings. The van der Waals surface area contributed by atoms with E-state index in [-0.39, 0.29) is 12.5 Å². The largest absolute Gasteiger partial charge is 0.452 e. The van der Waals surface area contributed by atoms with E-state index in [2.05, 4.69) is 9.73 Å². The molecule has 1 saturated heterocycles. The van der Waals surface area contributed by atoms with Crippen molar-refractivity contribution in [2.45, 2.75) is 25.9 Å². The first-order valence-electron chi connectivity index (χ1n) is 5.37. The summed E-state index contributed by atoms with van der Waals surface area (Å²) in [5.74, 6) is -0.116. The lowest BCUT2D eigenvalue weighted by atomic mass is 9.98. The van der Waals surface area contributed by atoms with E-state index < -0.39 is 22.5 Å². The summed E-state index contributed by atoms with van der Waals surface area (Å²) >= 11 is 0. The Morgan fingerprint density at radius 1 is 1.56 bits per heavy atom. The van der Waals surface area contributed by atoms with Crippen LogP contribution < -0.4 is 4.72 Å². The number of hydrogen-bond acceptors (Lipinski definition) is 6. The molecule has 1 aliphatic rings. The van der Waals surface area contributed by atoms with Crippen LogP contribution in [-0.4, -0.2) is 44.7 Å². The van der Waals surface area contributed by atoms with Crippen LogP contribution in [0.1, 0.15) is 19.8 Å². The Hall–Kier alpha value is -1.44. The maximum absolute atomic E-state index is 11.9. The van der Waals surface area contributed by atoms with E-state index in [4.69, 9.17) is 0 Å². The maximum Gasteiger partial charge on any atom is 0.421 e. The Bertz CT molecular complexity index is 457. The summed E-state index contributed by atoms with van der Waals surface area (Å²) in [5, 5.41) is 0. The Labute approximate surface area is 105 Å². The molecule has 8 nitrogen and oxygen atoms in total.